The third kappa shape index (κ3) is 3.07. The van der Waals surface area contributed by atoms with Gasteiger partial charge in [0, 0.05) is 6.54 Å². The molecule has 0 aromatic rings. The number of rotatable bonds is 2. The van der Waals surface area contributed by atoms with Gasteiger partial charge in [-0.2, -0.15) is 13.2 Å². The van der Waals surface area contributed by atoms with Crippen LogP contribution in [0.25, 0.3) is 0 Å². The van der Waals surface area contributed by atoms with Crippen molar-refractivity contribution in [1.82, 2.24) is 4.90 Å². The number of carboxylic acids is 1. The van der Waals surface area contributed by atoms with Crippen molar-refractivity contribution in [1.29, 1.82) is 0 Å². The van der Waals surface area contributed by atoms with E-state index in [1.165, 1.54) is 0 Å². The zero-order valence-electron chi connectivity index (χ0n) is 11.0. The molecule has 0 unspecified atom stereocenters. The summed E-state index contributed by atoms with van der Waals surface area (Å²) in [7, 11) is 0. The van der Waals surface area contributed by atoms with E-state index in [-0.39, 0.29) is 24.8 Å². The largest absolute Gasteiger partial charge is 0.480 e. The van der Waals surface area contributed by atoms with E-state index in [1.54, 1.807) is 0 Å². The summed E-state index contributed by atoms with van der Waals surface area (Å²) in [6.45, 7) is -0.0834. The second kappa shape index (κ2) is 5.61. The average Bonchev–Trinajstić information content (AvgIpc) is 2.82. The maximum absolute atomic E-state index is 12.5. The Morgan fingerprint density at radius 3 is 2.15 bits per heavy atom. The van der Waals surface area contributed by atoms with E-state index >= 15 is 0 Å². The number of carboxylic acid groups (broad SMARTS) is 1. The quantitative estimate of drug-likeness (QED) is 0.850. The monoisotopic (exact) mass is 293 g/mol. The van der Waals surface area contributed by atoms with Gasteiger partial charge in [0.05, 0.1) is 0 Å². The van der Waals surface area contributed by atoms with Gasteiger partial charge in [0.25, 0.3) is 0 Å². The molecule has 1 N–H and O–H groups in total. The molecule has 20 heavy (non-hydrogen) atoms. The smallest absolute Gasteiger partial charge is 0.471 e. The Hall–Kier alpha value is -1.27. The van der Waals surface area contributed by atoms with Crippen LogP contribution >= 0.6 is 0 Å². The second-order valence-electron chi connectivity index (χ2n) is 5.70. The van der Waals surface area contributed by atoms with Crippen molar-refractivity contribution < 1.29 is 27.9 Å². The fraction of sp³-hybridized carbons (Fsp3) is 0.846. The SMILES string of the molecule is O=C(O)[C@@H]1C[C@@H](C2CCCCC2)CN1C(=O)C(F)(F)F. The molecule has 0 aromatic heterocycles. The Morgan fingerprint density at radius 2 is 1.65 bits per heavy atom. The molecule has 0 radical (unpaired) electrons. The van der Waals surface area contributed by atoms with E-state index in [4.69, 9.17) is 5.11 Å². The summed E-state index contributed by atoms with van der Waals surface area (Å²) in [5.74, 6) is -3.25. The van der Waals surface area contributed by atoms with Gasteiger partial charge in [0.15, 0.2) is 0 Å². The Morgan fingerprint density at radius 1 is 1.05 bits per heavy atom. The summed E-state index contributed by atoms with van der Waals surface area (Å²) in [4.78, 5) is 23.0. The van der Waals surface area contributed by atoms with Gasteiger partial charge in [-0.1, -0.05) is 32.1 Å². The van der Waals surface area contributed by atoms with Crippen molar-refractivity contribution in [2.75, 3.05) is 6.54 Å². The third-order valence-corrected chi connectivity index (χ3v) is 4.44. The van der Waals surface area contributed by atoms with Crippen molar-refractivity contribution in [2.45, 2.75) is 50.7 Å². The summed E-state index contributed by atoms with van der Waals surface area (Å²) in [5.41, 5.74) is 0. The van der Waals surface area contributed by atoms with E-state index in [0.717, 1.165) is 32.1 Å². The lowest BCUT2D eigenvalue weighted by Crippen LogP contribution is -2.47. The first kappa shape index (κ1) is 15.1. The number of carbonyl (C=O) groups is 2. The Kier molecular flexibility index (Phi) is 4.25. The minimum Gasteiger partial charge on any atom is -0.480 e. The molecule has 0 aromatic carbocycles. The minimum atomic E-state index is -5.00. The third-order valence-electron chi connectivity index (χ3n) is 4.44. The summed E-state index contributed by atoms with van der Waals surface area (Å²) in [6.07, 6.45) is 0.169. The molecule has 2 aliphatic rings. The van der Waals surface area contributed by atoms with Gasteiger partial charge in [0.2, 0.25) is 0 Å². The van der Waals surface area contributed by atoms with Crippen LogP contribution in [0.3, 0.4) is 0 Å². The fourth-order valence-corrected chi connectivity index (χ4v) is 3.44. The highest BCUT2D eigenvalue weighted by Gasteiger charge is 2.51. The number of amides is 1. The molecular weight excluding hydrogens is 275 g/mol. The summed E-state index contributed by atoms with van der Waals surface area (Å²) in [5, 5.41) is 9.05. The van der Waals surface area contributed by atoms with Crippen LogP contribution in [0.2, 0.25) is 0 Å². The van der Waals surface area contributed by atoms with Gasteiger partial charge in [-0.15, -0.1) is 0 Å². The molecule has 7 heteroatoms. The van der Waals surface area contributed by atoms with Crippen molar-refractivity contribution in [3.63, 3.8) is 0 Å². The normalized spacial score (nSPS) is 28.6. The molecule has 2 fully saturated rings. The van der Waals surface area contributed by atoms with Crippen LogP contribution in [-0.4, -0.2) is 40.6 Å². The van der Waals surface area contributed by atoms with Gasteiger partial charge in [-0.05, 0) is 18.3 Å². The first-order valence-corrected chi connectivity index (χ1v) is 6.91. The van der Waals surface area contributed by atoms with Gasteiger partial charge < -0.3 is 10.0 Å². The average molecular weight is 293 g/mol. The molecule has 1 aliphatic carbocycles. The van der Waals surface area contributed by atoms with Crippen molar-refractivity contribution >= 4 is 11.9 Å². The molecule has 114 valence electrons. The van der Waals surface area contributed by atoms with Crippen LogP contribution in [0, 0.1) is 11.8 Å². The lowest BCUT2D eigenvalue weighted by molar-refractivity contribution is -0.188. The van der Waals surface area contributed by atoms with E-state index in [1.807, 2.05) is 0 Å². The molecule has 2 atom stereocenters. The lowest BCUT2D eigenvalue weighted by Gasteiger charge is -2.27. The number of carbonyl (C=O) groups excluding carboxylic acids is 1. The maximum atomic E-state index is 12.5. The molecule has 1 saturated carbocycles. The summed E-state index contributed by atoms with van der Waals surface area (Å²) >= 11 is 0. The van der Waals surface area contributed by atoms with Gasteiger partial charge in [-0.3, -0.25) is 4.79 Å². The van der Waals surface area contributed by atoms with Crippen LogP contribution in [0.15, 0.2) is 0 Å². The zero-order chi connectivity index (χ0) is 14.9. The first-order chi connectivity index (χ1) is 9.30. The number of alkyl halides is 3. The number of likely N-dealkylation sites (tertiary alicyclic amines) is 1. The Balaban J connectivity index is 2.10. The number of halogens is 3. The van der Waals surface area contributed by atoms with Crippen LogP contribution in [0.4, 0.5) is 13.2 Å². The van der Waals surface area contributed by atoms with Crippen LogP contribution in [0.1, 0.15) is 38.5 Å². The molecule has 4 nitrogen and oxygen atoms in total. The molecule has 2 rings (SSSR count). The van der Waals surface area contributed by atoms with E-state index in [2.05, 4.69) is 0 Å². The molecule has 1 saturated heterocycles. The Labute approximate surface area is 114 Å². The maximum Gasteiger partial charge on any atom is 0.471 e. The van der Waals surface area contributed by atoms with Crippen molar-refractivity contribution in [3.05, 3.63) is 0 Å². The minimum absolute atomic E-state index is 0.0834. The molecule has 1 heterocycles. The molecule has 1 aliphatic heterocycles. The van der Waals surface area contributed by atoms with Crippen molar-refractivity contribution in [3.8, 4) is 0 Å². The topological polar surface area (TPSA) is 57.6 Å². The van der Waals surface area contributed by atoms with Crippen molar-refractivity contribution in [2.24, 2.45) is 11.8 Å². The highest BCUT2D eigenvalue weighted by atomic mass is 19.4. The number of hydrogen-bond donors (Lipinski definition) is 1. The van der Waals surface area contributed by atoms with Crippen LogP contribution < -0.4 is 0 Å². The fourth-order valence-electron chi connectivity index (χ4n) is 3.44. The molecule has 0 bridgehead atoms. The van der Waals surface area contributed by atoms with E-state index in [0.29, 0.717) is 4.90 Å². The number of nitrogens with zero attached hydrogens (tertiary/aromatic N) is 1. The zero-order valence-corrected chi connectivity index (χ0v) is 11.0. The van der Waals surface area contributed by atoms with E-state index < -0.39 is 24.1 Å². The number of aliphatic carboxylic acids is 1. The number of hydrogen-bond acceptors (Lipinski definition) is 2. The van der Waals surface area contributed by atoms with Gasteiger partial charge in [-0.25, -0.2) is 4.79 Å². The van der Waals surface area contributed by atoms with Gasteiger partial charge >= 0.3 is 18.1 Å². The van der Waals surface area contributed by atoms with Crippen LogP contribution in [-0.2, 0) is 9.59 Å². The summed E-state index contributed by atoms with van der Waals surface area (Å²) < 4.78 is 37.6. The van der Waals surface area contributed by atoms with Crippen LogP contribution in [0.5, 0.6) is 0 Å². The van der Waals surface area contributed by atoms with Gasteiger partial charge in [0.1, 0.15) is 6.04 Å². The highest BCUT2D eigenvalue weighted by Crippen LogP contribution is 2.38. The lowest BCUT2D eigenvalue weighted by atomic mass is 9.79. The predicted molar refractivity (Wildman–Crippen MR) is 63.9 cm³/mol. The summed E-state index contributed by atoms with van der Waals surface area (Å²) in [6, 6.07) is -1.34. The Bertz CT molecular complexity index is 391. The van der Waals surface area contributed by atoms with E-state index in [9.17, 15) is 22.8 Å². The second-order valence-corrected chi connectivity index (χ2v) is 5.70. The molecule has 0 spiro atoms. The standard InChI is InChI=1S/C13H18F3NO3/c14-13(15,16)12(20)17-7-9(6-10(17)11(18)19)8-4-2-1-3-5-8/h8-10H,1-7H2,(H,18,19)/t9-,10+/m1/s1. The predicted octanol–water partition coefficient (Wildman–Crippen LogP) is 2.43. The highest BCUT2D eigenvalue weighted by molar-refractivity contribution is 5.87. The molecule has 1 amide bonds. The molecular formula is C13H18F3NO3. The first-order valence-electron chi connectivity index (χ1n) is 6.91.